The minimum absolute atomic E-state index is 0.0679. The lowest BCUT2D eigenvalue weighted by Crippen LogP contribution is -2.52. The monoisotopic (exact) mass is 560 g/mol. The Morgan fingerprint density at radius 2 is 1.52 bits per heavy atom. The van der Waals surface area contributed by atoms with E-state index in [9.17, 15) is 28.3 Å². The lowest BCUT2D eigenvalue weighted by atomic mass is 9.99. The lowest BCUT2D eigenvalue weighted by molar-refractivity contribution is -0.122. The maximum absolute atomic E-state index is 13.9. The number of carbonyl (C=O) groups excluding carboxylic acids is 3. The molecule has 2 rings (SSSR count). The normalized spacial score (nSPS) is 13.3. The average molecular weight is 561 g/mol. The van der Waals surface area contributed by atoms with Gasteiger partial charge in [0, 0.05) is 43.4 Å². The average Bonchev–Trinajstić information content (AvgIpc) is 2.89. The molecule has 0 aliphatic carbocycles. The van der Waals surface area contributed by atoms with Gasteiger partial charge in [-0.3, -0.25) is 14.4 Å². The number of hydrogen-bond donors (Lipinski definition) is 4. The Kier molecular flexibility index (Phi) is 13.2. The van der Waals surface area contributed by atoms with Gasteiger partial charge in [0.15, 0.2) is 0 Å². The zero-order valence-electron chi connectivity index (χ0n) is 24.0. The van der Waals surface area contributed by atoms with Crippen LogP contribution in [0.1, 0.15) is 72.4 Å². The number of amides is 3. The van der Waals surface area contributed by atoms with E-state index < -0.39 is 35.7 Å². The highest BCUT2D eigenvalue weighted by Crippen LogP contribution is 2.16. The number of rotatable bonds is 15. The molecule has 0 aliphatic heterocycles. The van der Waals surface area contributed by atoms with Crippen molar-refractivity contribution in [3.05, 3.63) is 70.3 Å². The number of nitrogens with one attached hydrogen (secondary N) is 3. The maximum atomic E-state index is 13.9. The summed E-state index contributed by atoms with van der Waals surface area (Å²) < 4.78 is 27.8. The van der Waals surface area contributed by atoms with E-state index in [2.05, 4.69) is 16.0 Å². The molecule has 3 unspecified atom stereocenters. The molecule has 0 radical (unpaired) electrons. The van der Waals surface area contributed by atoms with Gasteiger partial charge in [0.05, 0.1) is 18.2 Å². The van der Waals surface area contributed by atoms with E-state index in [-0.39, 0.29) is 35.9 Å². The van der Waals surface area contributed by atoms with E-state index in [1.165, 1.54) is 6.07 Å². The molecule has 3 atom stereocenters. The van der Waals surface area contributed by atoms with Crippen molar-refractivity contribution >= 4 is 17.7 Å². The fourth-order valence-electron chi connectivity index (χ4n) is 4.45. The molecule has 40 heavy (non-hydrogen) atoms. The van der Waals surface area contributed by atoms with Gasteiger partial charge in [-0.1, -0.05) is 13.8 Å². The number of aliphatic hydroxyl groups excluding tert-OH is 1. The van der Waals surface area contributed by atoms with Crippen LogP contribution in [0.2, 0.25) is 0 Å². The summed E-state index contributed by atoms with van der Waals surface area (Å²) in [7, 11) is 0. The van der Waals surface area contributed by atoms with Crippen molar-refractivity contribution in [2.75, 3.05) is 26.2 Å². The van der Waals surface area contributed by atoms with Crippen LogP contribution in [0.3, 0.4) is 0 Å². The summed E-state index contributed by atoms with van der Waals surface area (Å²) in [6.07, 6.45) is 0.329. The molecule has 0 heterocycles. The Hall–Kier alpha value is -3.37. The van der Waals surface area contributed by atoms with E-state index >= 15 is 0 Å². The van der Waals surface area contributed by atoms with Crippen LogP contribution in [0.4, 0.5) is 8.78 Å². The molecule has 0 fully saturated rings. The Morgan fingerprint density at radius 3 is 2.10 bits per heavy atom. The first-order valence-electron chi connectivity index (χ1n) is 13.8. The van der Waals surface area contributed by atoms with Crippen molar-refractivity contribution in [2.45, 2.75) is 72.1 Å². The van der Waals surface area contributed by atoms with Crippen LogP contribution < -0.4 is 16.0 Å². The SMILES string of the molecule is CCCN(CCC)C(=O)c1cc(C)cc(C(=O)NC(Cc2cc(F)cc(F)c2)C(O)CNC(C)C(=O)NCC)c1. The van der Waals surface area contributed by atoms with Gasteiger partial charge in [-0.05, 0) is 81.5 Å². The standard InChI is InChI=1S/C30H42F2N4O4/c1-6-9-36(10-7-2)30(40)23-12-19(4)11-22(16-23)29(39)35-26(15-21-13-24(31)17-25(32)14-21)27(37)18-34-20(5)28(38)33-8-3/h11-14,16-17,20,26-27,34,37H,6-10,15,18H2,1-5H3,(H,33,38)(H,35,39). The molecule has 0 saturated heterocycles. The molecule has 220 valence electrons. The third-order valence-corrected chi connectivity index (χ3v) is 6.40. The predicted molar refractivity (Wildman–Crippen MR) is 151 cm³/mol. The summed E-state index contributed by atoms with van der Waals surface area (Å²) in [5.41, 5.74) is 1.57. The zero-order valence-corrected chi connectivity index (χ0v) is 24.0. The van der Waals surface area contributed by atoms with Gasteiger partial charge in [-0.2, -0.15) is 0 Å². The second kappa shape index (κ2) is 16.0. The van der Waals surface area contributed by atoms with E-state index in [0.29, 0.717) is 30.8 Å². The lowest BCUT2D eigenvalue weighted by Gasteiger charge is -2.26. The number of hydrogen-bond acceptors (Lipinski definition) is 5. The minimum atomic E-state index is -1.21. The molecular formula is C30H42F2N4O4. The van der Waals surface area contributed by atoms with Crippen LogP contribution in [0.15, 0.2) is 36.4 Å². The molecular weight excluding hydrogens is 518 g/mol. The Labute approximate surface area is 235 Å². The van der Waals surface area contributed by atoms with Gasteiger partial charge in [-0.25, -0.2) is 8.78 Å². The van der Waals surface area contributed by atoms with Gasteiger partial charge >= 0.3 is 0 Å². The van der Waals surface area contributed by atoms with Gasteiger partial charge in [0.2, 0.25) is 5.91 Å². The summed E-state index contributed by atoms with van der Waals surface area (Å²) in [4.78, 5) is 40.4. The Bertz CT molecular complexity index is 1130. The number of aliphatic hydroxyl groups is 1. The van der Waals surface area contributed by atoms with Crippen LogP contribution in [-0.4, -0.2) is 72.1 Å². The number of benzene rings is 2. The zero-order chi connectivity index (χ0) is 29.8. The Morgan fingerprint density at radius 1 is 0.925 bits per heavy atom. The molecule has 2 aromatic carbocycles. The molecule has 0 saturated carbocycles. The third kappa shape index (κ3) is 9.98. The smallest absolute Gasteiger partial charge is 0.253 e. The highest BCUT2D eigenvalue weighted by Gasteiger charge is 2.25. The van der Waals surface area contributed by atoms with Crippen LogP contribution in [0.5, 0.6) is 0 Å². The fraction of sp³-hybridized carbons (Fsp3) is 0.500. The Balaban J connectivity index is 2.30. The molecule has 0 aliphatic rings. The summed E-state index contributed by atoms with van der Waals surface area (Å²) in [5.74, 6) is -2.52. The van der Waals surface area contributed by atoms with Gasteiger partial charge < -0.3 is 26.0 Å². The van der Waals surface area contributed by atoms with Crippen LogP contribution >= 0.6 is 0 Å². The number of carbonyl (C=O) groups is 3. The first kappa shape index (κ1) is 32.8. The third-order valence-electron chi connectivity index (χ3n) is 6.40. The van der Waals surface area contributed by atoms with Gasteiger partial charge in [0.25, 0.3) is 11.8 Å². The maximum Gasteiger partial charge on any atom is 0.253 e. The molecule has 0 aromatic heterocycles. The molecule has 2 aromatic rings. The number of nitrogens with zero attached hydrogens (tertiary/aromatic N) is 1. The topological polar surface area (TPSA) is 111 Å². The molecule has 10 heteroatoms. The molecule has 8 nitrogen and oxygen atoms in total. The van der Waals surface area contributed by atoms with Crippen molar-refractivity contribution in [1.29, 1.82) is 0 Å². The first-order chi connectivity index (χ1) is 19.0. The van der Waals surface area contributed by atoms with E-state index in [1.807, 2.05) is 13.8 Å². The summed E-state index contributed by atoms with van der Waals surface area (Å²) in [6, 6.07) is 6.33. The largest absolute Gasteiger partial charge is 0.390 e. The van der Waals surface area contributed by atoms with Crippen molar-refractivity contribution in [2.24, 2.45) is 0 Å². The first-order valence-corrected chi connectivity index (χ1v) is 13.8. The van der Waals surface area contributed by atoms with Crippen LogP contribution in [0, 0.1) is 18.6 Å². The highest BCUT2D eigenvalue weighted by molar-refractivity contribution is 6.00. The second-order valence-corrected chi connectivity index (χ2v) is 10.0. The summed E-state index contributed by atoms with van der Waals surface area (Å²) in [6.45, 7) is 10.8. The molecule has 3 amide bonds. The van der Waals surface area contributed by atoms with E-state index in [1.54, 1.807) is 37.8 Å². The number of aryl methyl sites for hydroxylation is 1. The number of halogens is 2. The quantitative estimate of drug-likeness (QED) is 0.267. The van der Waals surface area contributed by atoms with Crippen molar-refractivity contribution in [3.8, 4) is 0 Å². The number of likely N-dealkylation sites (N-methyl/N-ethyl adjacent to an activating group) is 1. The van der Waals surface area contributed by atoms with Crippen LogP contribution in [-0.2, 0) is 11.2 Å². The van der Waals surface area contributed by atoms with Gasteiger partial charge in [0.1, 0.15) is 11.6 Å². The second-order valence-electron chi connectivity index (χ2n) is 10.0. The van der Waals surface area contributed by atoms with Crippen molar-refractivity contribution < 1.29 is 28.3 Å². The molecule has 4 N–H and O–H groups in total. The summed E-state index contributed by atoms with van der Waals surface area (Å²) in [5, 5.41) is 19.4. The van der Waals surface area contributed by atoms with Crippen molar-refractivity contribution in [3.63, 3.8) is 0 Å². The molecule has 0 spiro atoms. The fourth-order valence-corrected chi connectivity index (χ4v) is 4.45. The van der Waals surface area contributed by atoms with Crippen molar-refractivity contribution in [1.82, 2.24) is 20.9 Å². The minimum Gasteiger partial charge on any atom is -0.390 e. The molecule has 0 bridgehead atoms. The van der Waals surface area contributed by atoms with Gasteiger partial charge in [-0.15, -0.1) is 0 Å². The predicted octanol–water partition coefficient (Wildman–Crippen LogP) is 3.35. The highest BCUT2D eigenvalue weighted by atomic mass is 19.1. The van der Waals surface area contributed by atoms with E-state index in [4.69, 9.17) is 0 Å². The summed E-state index contributed by atoms with van der Waals surface area (Å²) >= 11 is 0. The van der Waals surface area contributed by atoms with E-state index in [0.717, 1.165) is 31.0 Å². The van der Waals surface area contributed by atoms with Crippen LogP contribution in [0.25, 0.3) is 0 Å².